The van der Waals surface area contributed by atoms with Gasteiger partial charge in [0.1, 0.15) is 9.84 Å². The number of aromatic nitrogens is 1. The van der Waals surface area contributed by atoms with Gasteiger partial charge in [0.05, 0.1) is 11.5 Å². The summed E-state index contributed by atoms with van der Waals surface area (Å²) in [5.41, 5.74) is 2.14. The van der Waals surface area contributed by atoms with Gasteiger partial charge < -0.3 is 9.88 Å². The number of nitrogens with zero attached hydrogens (tertiary/aromatic N) is 1. The summed E-state index contributed by atoms with van der Waals surface area (Å²) in [5.74, 6) is 0.587. The lowest BCUT2D eigenvalue weighted by atomic mass is 10.1. The molecule has 20 heavy (non-hydrogen) atoms. The third-order valence-electron chi connectivity index (χ3n) is 3.67. The van der Waals surface area contributed by atoms with Crippen LogP contribution in [0.1, 0.15) is 12.8 Å². The average molecular weight is 290 g/mol. The molecule has 106 valence electrons. The van der Waals surface area contributed by atoms with E-state index in [-0.39, 0.29) is 6.04 Å². The van der Waals surface area contributed by atoms with Gasteiger partial charge in [-0.15, -0.1) is 0 Å². The highest BCUT2D eigenvalue weighted by atomic mass is 32.2. The Morgan fingerprint density at radius 2 is 1.75 bits per heavy atom. The molecule has 0 spiro atoms. The highest BCUT2D eigenvalue weighted by Gasteiger charge is 2.23. The number of sulfone groups is 1. The summed E-state index contributed by atoms with van der Waals surface area (Å²) in [4.78, 5) is 0. The van der Waals surface area contributed by atoms with Crippen molar-refractivity contribution in [1.82, 2.24) is 4.57 Å². The first-order valence-electron chi connectivity index (χ1n) is 6.83. The van der Waals surface area contributed by atoms with Gasteiger partial charge in [-0.05, 0) is 43.2 Å². The minimum Gasteiger partial charge on any atom is -0.382 e. The predicted molar refractivity (Wildman–Crippen MR) is 81.1 cm³/mol. The van der Waals surface area contributed by atoms with Crippen molar-refractivity contribution in [2.45, 2.75) is 18.9 Å². The van der Waals surface area contributed by atoms with Crippen molar-refractivity contribution >= 4 is 15.5 Å². The second kappa shape index (κ2) is 5.32. The molecule has 0 amide bonds. The van der Waals surface area contributed by atoms with E-state index in [1.807, 2.05) is 36.7 Å². The Bertz CT molecular complexity index is 664. The van der Waals surface area contributed by atoms with Gasteiger partial charge in [0.25, 0.3) is 0 Å². The van der Waals surface area contributed by atoms with Crippen LogP contribution < -0.4 is 5.32 Å². The highest BCUT2D eigenvalue weighted by Crippen LogP contribution is 2.20. The Labute approximate surface area is 119 Å². The van der Waals surface area contributed by atoms with Crippen molar-refractivity contribution in [3.05, 3.63) is 48.8 Å². The zero-order valence-electron chi connectivity index (χ0n) is 11.2. The molecule has 0 saturated carbocycles. The van der Waals surface area contributed by atoms with Crippen LogP contribution in [0.15, 0.2) is 48.8 Å². The molecule has 1 aliphatic heterocycles. The lowest BCUT2D eigenvalue weighted by Crippen LogP contribution is -2.32. The van der Waals surface area contributed by atoms with E-state index in [1.165, 1.54) is 0 Å². The summed E-state index contributed by atoms with van der Waals surface area (Å²) in [7, 11) is -2.80. The molecule has 2 aromatic rings. The van der Waals surface area contributed by atoms with Gasteiger partial charge in [-0.3, -0.25) is 0 Å². The maximum atomic E-state index is 11.4. The van der Waals surface area contributed by atoms with E-state index in [4.69, 9.17) is 0 Å². The van der Waals surface area contributed by atoms with Crippen LogP contribution in [0.2, 0.25) is 0 Å². The molecule has 0 bridgehead atoms. The van der Waals surface area contributed by atoms with E-state index in [1.54, 1.807) is 0 Å². The van der Waals surface area contributed by atoms with E-state index < -0.39 is 9.84 Å². The minimum atomic E-state index is -2.80. The number of hydrogen-bond acceptors (Lipinski definition) is 3. The van der Waals surface area contributed by atoms with Gasteiger partial charge in [-0.25, -0.2) is 8.42 Å². The first kappa shape index (κ1) is 13.2. The Hall–Kier alpha value is -1.75. The first-order valence-corrected chi connectivity index (χ1v) is 8.65. The summed E-state index contributed by atoms with van der Waals surface area (Å²) in [6.45, 7) is 0. The SMILES string of the molecule is O=S1(=O)CCC(Nc2cccc(-n3cccc3)c2)CC1. The quantitative estimate of drug-likeness (QED) is 0.944. The average Bonchev–Trinajstić information content (AvgIpc) is 2.96. The molecule has 5 heteroatoms. The third-order valence-corrected chi connectivity index (χ3v) is 5.39. The number of rotatable bonds is 3. The fourth-order valence-electron chi connectivity index (χ4n) is 2.53. The molecule has 2 heterocycles. The fraction of sp³-hybridized carbons (Fsp3) is 0.333. The molecule has 4 nitrogen and oxygen atoms in total. The molecular weight excluding hydrogens is 272 g/mol. The highest BCUT2D eigenvalue weighted by molar-refractivity contribution is 7.91. The molecule has 0 aliphatic carbocycles. The predicted octanol–water partition coefficient (Wildman–Crippen LogP) is 2.47. The molecule has 3 rings (SSSR count). The second-order valence-corrected chi connectivity index (χ2v) is 7.51. The van der Waals surface area contributed by atoms with Crippen LogP contribution in [0.25, 0.3) is 5.69 Å². The van der Waals surface area contributed by atoms with Crippen LogP contribution in [0.5, 0.6) is 0 Å². The van der Waals surface area contributed by atoms with Crippen molar-refractivity contribution in [3.63, 3.8) is 0 Å². The Morgan fingerprint density at radius 1 is 1.05 bits per heavy atom. The summed E-state index contributed by atoms with van der Waals surface area (Å²) in [5, 5.41) is 3.44. The standard InChI is InChI=1S/C15H18N2O2S/c18-20(19)10-6-13(7-11-20)16-14-4-3-5-15(12-14)17-8-1-2-9-17/h1-5,8-9,12-13,16H,6-7,10-11H2. The molecule has 1 fully saturated rings. The molecule has 1 aromatic heterocycles. The molecule has 1 aliphatic rings. The van der Waals surface area contributed by atoms with Gasteiger partial charge in [-0.2, -0.15) is 0 Å². The van der Waals surface area contributed by atoms with Crippen LogP contribution in [0.4, 0.5) is 5.69 Å². The largest absolute Gasteiger partial charge is 0.382 e. The number of nitrogens with one attached hydrogen (secondary N) is 1. The van der Waals surface area contributed by atoms with Gasteiger partial charge >= 0.3 is 0 Å². The van der Waals surface area contributed by atoms with Crippen LogP contribution >= 0.6 is 0 Å². The van der Waals surface area contributed by atoms with Gasteiger partial charge in [0.15, 0.2) is 0 Å². The molecule has 0 unspecified atom stereocenters. The lowest BCUT2D eigenvalue weighted by Gasteiger charge is -2.24. The van der Waals surface area contributed by atoms with Crippen LogP contribution in [0.3, 0.4) is 0 Å². The lowest BCUT2D eigenvalue weighted by molar-refractivity contribution is 0.559. The zero-order valence-corrected chi connectivity index (χ0v) is 12.0. The normalized spacial score (nSPS) is 18.8. The maximum Gasteiger partial charge on any atom is 0.150 e. The maximum absolute atomic E-state index is 11.4. The number of hydrogen-bond donors (Lipinski definition) is 1. The Kier molecular flexibility index (Phi) is 3.53. The van der Waals surface area contributed by atoms with Crippen LogP contribution in [0, 0.1) is 0 Å². The first-order chi connectivity index (χ1) is 9.62. The van der Waals surface area contributed by atoms with E-state index in [0.29, 0.717) is 24.3 Å². The van der Waals surface area contributed by atoms with Crippen molar-refractivity contribution in [3.8, 4) is 5.69 Å². The second-order valence-electron chi connectivity index (χ2n) is 5.21. The summed E-state index contributed by atoms with van der Waals surface area (Å²) in [6.07, 6.45) is 5.39. The van der Waals surface area contributed by atoms with Gasteiger partial charge in [0.2, 0.25) is 0 Å². The molecule has 0 atom stereocenters. The molecular formula is C15H18N2O2S. The molecule has 1 aromatic carbocycles. The Balaban J connectivity index is 1.71. The minimum absolute atomic E-state index is 0.249. The topological polar surface area (TPSA) is 51.1 Å². The van der Waals surface area contributed by atoms with Crippen molar-refractivity contribution in [2.75, 3.05) is 16.8 Å². The van der Waals surface area contributed by atoms with Gasteiger partial charge in [-0.1, -0.05) is 6.07 Å². The number of benzene rings is 1. The third kappa shape index (κ3) is 3.04. The molecule has 0 radical (unpaired) electrons. The van der Waals surface area contributed by atoms with Crippen molar-refractivity contribution in [2.24, 2.45) is 0 Å². The van der Waals surface area contributed by atoms with Crippen molar-refractivity contribution < 1.29 is 8.42 Å². The summed E-state index contributed by atoms with van der Waals surface area (Å²) in [6, 6.07) is 12.4. The molecule has 1 saturated heterocycles. The Morgan fingerprint density at radius 3 is 2.45 bits per heavy atom. The van der Waals surface area contributed by atoms with E-state index >= 15 is 0 Å². The van der Waals surface area contributed by atoms with E-state index in [0.717, 1.165) is 11.4 Å². The smallest absolute Gasteiger partial charge is 0.150 e. The number of anilines is 1. The molecule has 1 N–H and O–H groups in total. The zero-order chi connectivity index (χ0) is 14.0. The van der Waals surface area contributed by atoms with Gasteiger partial charge in [0, 0.05) is 29.8 Å². The van der Waals surface area contributed by atoms with Crippen LogP contribution in [-0.2, 0) is 9.84 Å². The monoisotopic (exact) mass is 290 g/mol. The fourth-order valence-corrected chi connectivity index (χ4v) is 4.02. The van der Waals surface area contributed by atoms with Crippen molar-refractivity contribution in [1.29, 1.82) is 0 Å². The summed E-state index contributed by atoms with van der Waals surface area (Å²) >= 11 is 0. The van der Waals surface area contributed by atoms with E-state index in [9.17, 15) is 8.42 Å². The van der Waals surface area contributed by atoms with Crippen LogP contribution in [-0.4, -0.2) is 30.5 Å². The van der Waals surface area contributed by atoms with E-state index in [2.05, 4.69) is 22.0 Å². The summed E-state index contributed by atoms with van der Waals surface area (Å²) < 4.78 is 24.9.